The minimum atomic E-state index is 0.679. The molecular formula is C16H27N3O. The highest BCUT2D eigenvalue weighted by molar-refractivity contribution is 5.15. The Morgan fingerprint density at radius 3 is 2.85 bits per heavy atom. The Morgan fingerprint density at radius 1 is 1.30 bits per heavy atom. The lowest BCUT2D eigenvalue weighted by atomic mass is 10.1. The Hall–Kier alpha value is -1.13. The third-order valence-corrected chi connectivity index (χ3v) is 3.81. The first-order chi connectivity index (χ1) is 9.78. The number of likely N-dealkylation sites (tertiary alicyclic amines) is 1. The summed E-state index contributed by atoms with van der Waals surface area (Å²) in [5.74, 6) is 1.37. The van der Waals surface area contributed by atoms with Crippen molar-refractivity contribution in [3.63, 3.8) is 0 Å². The molecule has 4 nitrogen and oxygen atoms in total. The quantitative estimate of drug-likeness (QED) is 0.830. The fraction of sp³-hybridized carbons (Fsp3) is 0.688. The maximum Gasteiger partial charge on any atom is 0.213 e. The summed E-state index contributed by atoms with van der Waals surface area (Å²) in [6.45, 7) is 7.93. The Kier molecular flexibility index (Phi) is 6.27. The number of hydrogen-bond acceptors (Lipinski definition) is 4. The van der Waals surface area contributed by atoms with Gasteiger partial charge in [-0.1, -0.05) is 19.4 Å². The molecule has 1 unspecified atom stereocenters. The van der Waals surface area contributed by atoms with Gasteiger partial charge in [-0.05, 0) is 44.5 Å². The molecule has 0 radical (unpaired) electrons. The monoisotopic (exact) mass is 277 g/mol. The highest BCUT2D eigenvalue weighted by Gasteiger charge is 2.13. The zero-order valence-corrected chi connectivity index (χ0v) is 12.8. The molecule has 0 aromatic carbocycles. The molecule has 1 aromatic heterocycles. The topological polar surface area (TPSA) is 37.4 Å². The van der Waals surface area contributed by atoms with Crippen molar-refractivity contribution >= 4 is 0 Å². The first-order valence-corrected chi connectivity index (χ1v) is 7.71. The van der Waals surface area contributed by atoms with E-state index in [4.69, 9.17) is 4.74 Å². The lowest BCUT2D eigenvalue weighted by Gasteiger charge is -2.29. The molecule has 0 amide bonds. The zero-order chi connectivity index (χ0) is 14.2. The number of nitrogens with zero attached hydrogens (tertiary/aromatic N) is 2. The summed E-state index contributed by atoms with van der Waals surface area (Å²) in [6, 6.07) is 5.90. The molecule has 1 N–H and O–H groups in total. The van der Waals surface area contributed by atoms with Crippen LogP contribution >= 0.6 is 0 Å². The highest BCUT2D eigenvalue weighted by atomic mass is 16.5. The van der Waals surface area contributed by atoms with E-state index in [0.29, 0.717) is 11.8 Å². The van der Waals surface area contributed by atoms with Crippen LogP contribution < -0.4 is 10.1 Å². The lowest BCUT2D eigenvalue weighted by Crippen LogP contribution is -2.36. The van der Waals surface area contributed by atoms with Crippen molar-refractivity contribution in [2.75, 3.05) is 33.3 Å². The Bertz CT molecular complexity index is 391. The largest absolute Gasteiger partial charge is 0.481 e. The maximum atomic E-state index is 5.14. The molecule has 0 aliphatic carbocycles. The first kappa shape index (κ1) is 15.3. The molecule has 112 valence electrons. The second-order valence-corrected chi connectivity index (χ2v) is 5.77. The van der Waals surface area contributed by atoms with Gasteiger partial charge >= 0.3 is 0 Å². The Morgan fingerprint density at radius 2 is 2.10 bits per heavy atom. The molecule has 1 atom stereocenters. The van der Waals surface area contributed by atoms with E-state index in [0.717, 1.165) is 18.8 Å². The van der Waals surface area contributed by atoms with Crippen molar-refractivity contribution in [2.45, 2.75) is 32.7 Å². The highest BCUT2D eigenvalue weighted by Crippen LogP contribution is 2.11. The standard InChI is InChI=1S/C16H27N3O/c1-14(13-19-9-4-3-5-10-19)11-17-12-15-7-6-8-16(18-15)20-2/h6-8,14,17H,3-5,9-13H2,1-2H3. The average molecular weight is 277 g/mol. The van der Waals surface area contributed by atoms with Gasteiger partial charge in [0.15, 0.2) is 0 Å². The average Bonchev–Trinajstić information content (AvgIpc) is 2.48. The number of aromatic nitrogens is 1. The predicted octanol–water partition coefficient (Wildman–Crippen LogP) is 2.30. The van der Waals surface area contributed by atoms with Gasteiger partial charge in [-0.15, -0.1) is 0 Å². The van der Waals surface area contributed by atoms with Gasteiger partial charge in [0.25, 0.3) is 0 Å². The molecule has 20 heavy (non-hydrogen) atoms. The second-order valence-electron chi connectivity index (χ2n) is 5.77. The Labute approximate surface area is 122 Å². The predicted molar refractivity (Wildman–Crippen MR) is 82.0 cm³/mol. The van der Waals surface area contributed by atoms with Gasteiger partial charge in [0.05, 0.1) is 12.8 Å². The van der Waals surface area contributed by atoms with Gasteiger partial charge in [0.2, 0.25) is 5.88 Å². The minimum absolute atomic E-state index is 0.679. The van der Waals surface area contributed by atoms with Crippen molar-refractivity contribution in [1.82, 2.24) is 15.2 Å². The molecule has 0 spiro atoms. The van der Waals surface area contributed by atoms with Crippen LogP contribution in [0.2, 0.25) is 0 Å². The molecule has 1 aliphatic rings. The fourth-order valence-corrected chi connectivity index (χ4v) is 2.76. The second kappa shape index (κ2) is 8.22. The van der Waals surface area contributed by atoms with Crippen LogP contribution in [0.4, 0.5) is 0 Å². The third kappa shape index (κ3) is 5.10. The van der Waals surface area contributed by atoms with Crippen LogP contribution in [0.3, 0.4) is 0 Å². The van der Waals surface area contributed by atoms with E-state index in [-0.39, 0.29) is 0 Å². The number of nitrogens with one attached hydrogen (secondary N) is 1. The van der Waals surface area contributed by atoms with Crippen molar-refractivity contribution in [2.24, 2.45) is 5.92 Å². The molecule has 1 fully saturated rings. The van der Waals surface area contributed by atoms with Crippen LogP contribution in [-0.4, -0.2) is 43.2 Å². The summed E-state index contributed by atoms with van der Waals surface area (Å²) in [7, 11) is 1.65. The van der Waals surface area contributed by atoms with Crippen LogP contribution in [0.1, 0.15) is 31.9 Å². The van der Waals surface area contributed by atoms with Crippen molar-refractivity contribution in [3.05, 3.63) is 23.9 Å². The molecule has 4 heteroatoms. The summed E-state index contributed by atoms with van der Waals surface area (Å²) in [4.78, 5) is 7.01. The van der Waals surface area contributed by atoms with E-state index in [1.54, 1.807) is 7.11 Å². The minimum Gasteiger partial charge on any atom is -0.481 e. The van der Waals surface area contributed by atoms with E-state index < -0.39 is 0 Å². The third-order valence-electron chi connectivity index (χ3n) is 3.81. The molecule has 0 bridgehead atoms. The van der Waals surface area contributed by atoms with E-state index in [1.165, 1.54) is 38.9 Å². The molecule has 2 heterocycles. The fourth-order valence-electron chi connectivity index (χ4n) is 2.76. The first-order valence-electron chi connectivity index (χ1n) is 7.71. The van der Waals surface area contributed by atoms with Gasteiger partial charge in [-0.25, -0.2) is 4.98 Å². The zero-order valence-electron chi connectivity index (χ0n) is 12.8. The lowest BCUT2D eigenvalue weighted by molar-refractivity contribution is 0.199. The van der Waals surface area contributed by atoms with E-state index in [2.05, 4.69) is 22.1 Å². The van der Waals surface area contributed by atoms with Crippen LogP contribution in [0.15, 0.2) is 18.2 Å². The summed E-state index contributed by atoms with van der Waals surface area (Å²) in [5, 5.41) is 3.50. The van der Waals surface area contributed by atoms with Crippen LogP contribution in [0.5, 0.6) is 5.88 Å². The SMILES string of the molecule is COc1cccc(CNCC(C)CN2CCCCC2)n1. The van der Waals surface area contributed by atoms with E-state index in [1.807, 2.05) is 18.2 Å². The van der Waals surface area contributed by atoms with Gasteiger partial charge < -0.3 is 15.0 Å². The van der Waals surface area contributed by atoms with Gasteiger partial charge in [-0.3, -0.25) is 0 Å². The number of ether oxygens (including phenoxy) is 1. The maximum absolute atomic E-state index is 5.14. The number of pyridine rings is 1. The van der Waals surface area contributed by atoms with Crippen molar-refractivity contribution in [3.8, 4) is 5.88 Å². The van der Waals surface area contributed by atoms with E-state index >= 15 is 0 Å². The van der Waals surface area contributed by atoms with Crippen LogP contribution in [0.25, 0.3) is 0 Å². The molecular weight excluding hydrogens is 250 g/mol. The smallest absolute Gasteiger partial charge is 0.213 e. The molecule has 0 saturated carbocycles. The van der Waals surface area contributed by atoms with Gasteiger partial charge in [-0.2, -0.15) is 0 Å². The number of methoxy groups -OCH3 is 1. The number of piperidine rings is 1. The van der Waals surface area contributed by atoms with E-state index in [9.17, 15) is 0 Å². The Balaban J connectivity index is 1.66. The number of hydrogen-bond donors (Lipinski definition) is 1. The van der Waals surface area contributed by atoms with Crippen molar-refractivity contribution < 1.29 is 4.74 Å². The molecule has 1 saturated heterocycles. The van der Waals surface area contributed by atoms with Gasteiger partial charge in [0, 0.05) is 19.2 Å². The number of rotatable bonds is 7. The normalized spacial score (nSPS) is 17.9. The van der Waals surface area contributed by atoms with Gasteiger partial charge in [0.1, 0.15) is 0 Å². The van der Waals surface area contributed by atoms with Crippen LogP contribution in [0, 0.1) is 5.92 Å². The summed E-state index contributed by atoms with van der Waals surface area (Å²) >= 11 is 0. The summed E-state index contributed by atoms with van der Waals surface area (Å²) < 4.78 is 5.14. The molecule has 1 aliphatic heterocycles. The summed E-state index contributed by atoms with van der Waals surface area (Å²) in [6.07, 6.45) is 4.15. The van der Waals surface area contributed by atoms with Crippen LogP contribution in [-0.2, 0) is 6.54 Å². The summed E-state index contributed by atoms with van der Waals surface area (Å²) in [5.41, 5.74) is 1.04. The molecule has 2 rings (SSSR count). The van der Waals surface area contributed by atoms with Crippen molar-refractivity contribution in [1.29, 1.82) is 0 Å². The molecule has 1 aromatic rings.